The molecule has 1 aromatic carbocycles. The van der Waals surface area contributed by atoms with Crippen LogP contribution in [0.2, 0.25) is 0 Å². The highest BCUT2D eigenvalue weighted by atomic mass is 19.1. The Kier molecular flexibility index (Phi) is 3.64. The lowest BCUT2D eigenvalue weighted by Crippen LogP contribution is -2.53. The van der Waals surface area contributed by atoms with Gasteiger partial charge in [0.15, 0.2) is 0 Å². The number of likely N-dealkylation sites (tertiary alicyclic amines) is 1. The fourth-order valence-corrected chi connectivity index (χ4v) is 3.52. The summed E-state index contributed by atoms with van der Waals surface area (Å²) in [7, 11) is 0. The van der Waals surface area contributed by atoms with Crippen LogP contribution >= 0.6 is 0 Å². The second kappa shape index (κ2) is 5.45. The highest BCUT2D eigenvalue weighted by molar-refractivity contribution is 5.81. The van der Waals surface area contributed by atoms with Gasteiger partial charge < -0.3 is 5.73 Å². The molecule has 1 aliphatic heterocycles. The van der Waals surface area contributed by atoms with Crippen molar-refractivity contribution in [1.82, 2.24) is 4.90 Å². The predicted molar refractivity (Wildman–Crippen MR) is 79.8 cm³/mol. The summed E-state index contributed by atoms with van der Waals surface area (Å²) >= 11 is 0. The molecule has 110 valence electrons. The molecule has 0 saturated carbocycles. The SMILES string of the molecule is NC(=O)C1C=CC=CC1(c1cccc(F)c1)N1CCCC1. The molecule has 1 fully saturated rings. The van der Waals surface area contributed by atoms with Crippen LogP contribution in [0, 0.1) is 11.7 Å². The van der Waals surface area contributed by atoms with Gasteiger partial charge in [-0.1, -0.05) is 36.4 Å². The molecular weight excluding hydrogens is 267 g/mol. The molecule has 4 heteroatoms. The Morgan fingerprint density at radius 3 is 2.71 bits per heavy atom. The number of benzene rings is 1. The first-order valence-electron chi connectivity index (χ1n) is 7.31. The third kappa shape index (κ3) is 2.29. The summed E-state index contributed by atoms with van der Waals surface area (Å²) in [6.45, 7) is 1.77. The van der Waals surface area contributed by atoms with E-state index in [1.54, 1.807) is 6.07 Å². The number of nitrogens with two attached hydrogens (primary N) is 1. The molecule has 0 radical (unpaired) electrons. The van der Waals surface area contributed by atoms with Crippen LogP contribution in [0.1, 0.15) is 18.4 Å². The molecule has 2 atom stereocenters. The highest BCUT2D eigenvalue weighted by Gasteiger charge is 2.46. The van der Waals surface area contributed by atoms with Crippen molar-refractivity contribution >= 4 is 5.91 Å². The quantitative estimate of drug-likeness (QED) is 0.927. The minimum atomic E-state index is -0.667. The van der Waals surface area contributed by atoms with Gasteiger partial charge in [-0.3, -0.25) is 9.69 Å². The average Bonchev–Trinajstić information content (AvgIpc) is 3.01. The summed E-state index contributed by atoms with van der Waals surface area (Å²) in [5.74, 6) is -1.16. The monoisotopic (exact) mass is 286 g/mol. The largest absolute Gasteiger partial charge is 0.369 e. The van der Waals surface area contributed by atoms with Crippen molar-refractivity contribution in [3.8, 4) is 0 Å². The lowest BCUT2D eigenvalue weighted by molar-refractivity contribution is -0.124. The van der Waals surface area contributed by atoms with Crippen LogP contribution < -0.4 is 5.73 Å². The van der Waals surface area contributed by atoms with Gasteiger partial charge in [0.1, 0.15) is 5.82 Å². The van der Waals surface area contributed by atoms with E-state index in [1.807, 2.05) is 30.4 Å². The molecule has 2 N–H and O–H groups in total. The summed E-state index contributed by atoms with van der Waals surface area (Å²) in [6.07, 6.45) is 9.74. The van der Waals surface area contributed by atoms with Crippen molar-refractivity contribution in [2.75, 3.05) is 13.1 Å². The lowest BCUT2D eigenvalue weighted by atomic mass is 9.73. The molecule has 3 nitrogen and oxygen atoms in total. The smallest absolute Gasteiger partial charge is 0.226 e. The maximum absolute atomic E-state index is 13.7. The molecule has 0 bridgehead atoms. The second-order valence-electron chi connectivity index (χ2n) is 5.65. The molecule has 1 heterocycles. The number of primary amides is 1. The van der Waals surface area contributed by atoms with Gasteiger partial charge in [-0.25, -0.2) is 4.39 Å². The Morgan fingerprint density at radius 1 is 1.29 bits per heavy atom. The predicted octanol–water partition coefficient (Wildman–Crippen LogP) is 2.34. The van der Waals surface area contributed by atoms with Gasteiger partial charge in [0.2, 0.25) is 5.91 Å². The molecule has 0 spiro atoms. The Morgan fingerprint density at radius 2 is 2.05 bits per heavy atom. The van der Waals surface area contributed by atoms with Crippen molar-refractivity contribution < 1.29 is 9.18 Å². The van der Waals surface area contributed by atoms with E-state index in [1.165, 1.54) is 12.1 Å². The Hall–Kier alpha value is -1.94. The minimum Gasteiger partial charge on any atom is -0.369 e. The summed E-state index contributed by atoms with van der Waals surface area (Å²) in [4.78, 5) is 14.2. The van der Waals surface area contributed by atoms with Crippen molar-refractivity contribution in [2.24, 2.45) is 11.7 Å². The fraction of sp³-hybridized carbons (Fsp3) is 0.353. The number of nitrogens with zero attached hydrogens (tertiary/aromatic N) is 1. The van der Waals surface area contributed by atoms with E-state index in [0.29, 0.717) is 0 Å². The molecule has 1 aliphatic carbocycles. The van der Waals surface area contributed by atoms with Gasteiger partial charge in [-0.15, -0.1) is 0 Å². The Balaban J connectivity index is 2.16. The molecule has 2 aliphatic rings. The third-order valence-electron chi connectivity index (χ3n) is 4.46. The number of rotatable bonds is 3. The second-order valence-corrected chi connectivity index (χ2v) is 5.65. The normalized spacial score (nSPS) is 28.9. The first kappa shape index (κ1) is 14.0. The van der Waals surface area contributed by atoms with Gasteiger partial charge in [-0.2, -0.15) is 0 Å². The summed E-state index contributed by atoms with van der Waals surface area (Å²) < 4.78 is 13.7. The van der Waals surface area contributed by atoms with Gasteiger partial charge >= 0.3 is 0 Å². The number of hydrogen-bond acceptors (Lipinski definition) is 2. The van der Waals surface area contributed by atoms with Gasteiger partial charge in [0, 0.05) is 0 Å². The molecule has 1 aromatic rings. The van der Waals surface area contributed by atoms with E-state index in [4.69, 9.17) is 5.73 Å². The standard InChI is InChI=1S/C17H19FN2O/c18-14-7-5-6-13(12-14)17(20-10-3-4-11-20)9-2-1-8-15(17)16(19)21/h1-2,5-9,12,15H,3-4,10-11H2,(H2,19,21). The Bertz CT molecular complexity index is 605. The van der Waals surface area contributed by atoms with E-state index in [-0.39, 0.29) is 11.7 Å². The first-order chi connectivity index (χ1) is 10.1. The van der Waals surface area contributed by atoms with Crippen LogP contribution in [0.25, 0.3) is 0 Å². The molecule has 21 heavy (non-hydrogen) atoms. The van der Waals surface area contributed by atoms with Crippen LogP contribution in [0.4, 0.5) is 4.39 Å². The highest BCUT2D eigenvalue weighted by Crippen LogP contribution is 2.42. The summed E-state index contributed by atoms with van der Waals surface area (Å²) in [5, 5.41) is 0. The maximum Gasteiger partial charge on any atom is 0.226 e. The number of carbonyl (C=O) groups is 1. The van der Waals surface area contributed by atoms with E-state index in [9.17, 15) is 9.18 Å². The van der Waals surface area contributed by atoms with Crippen LogP contribution in [0.15, 0.2) is 48.6 Å². The van der Waals surface area contributed by atoms with Crippen molar-refractivity contribution in [2.45, 2.75) is 18.4 Å². The number of halogens is 1. The zero-order chi connectivity index (χ0) is 14.9. The topological polar surface area (TPSA) is 46.3 Å². The molecular formula is C17H19FN2O. The molecule has 0 aromatic heterocycles. The number of allylic oxidation sites excluding steroid dienone is 2. The van der Waals surface area contributed by atoms with Crippen LogP contribution in [0.3, 0.4) is 0 Å². The zero-order valence-electron chi connectivity index (χ0n) is 11.8. The Labute approximate surface area is 123 Å². The van der Waals surface area contributed by atoms with Crippen LogP contribution in [0.5, 0.6) is 0 Å². The van der Waals surface area contributed by atoms with E-state index in [2.05, 4.69) is 4.90 Å². The number of hydrogen-bond donors (Lipinski definition) is 1. The van der Waals surface area contributed by atoms with E-state index >= 15 is 0 Å². The van der Waals surface area contributed by atoms with Crippen molar-refractivity contribution in [3.05, 3.63) is 60.0 Å². The van der Waals surface area contributed by atoms with Crippen molar-refractivity contribution in [1.29, 1.82) is 0 Å². The third-order valence-corrected chi connectivity index (χ3v) is 4.46. The lowest BCUT2D eigenvalue weighted by Gasteiger charge is -2.45. The van der Waals surface area contributed by atoms with Gasteiger partial charge in [-0.05, 0) is 43.6 Å². The average molecular weight is 286 g/mol. The van der Waals surface area contributed by atoms with Crippen LogP contribution in [-0.4, -0.2) is 23.9 Å². The van der Waals surface area contributed by atoms with Gasteiger partial charge in [0.05, 0.1) is 11.5 Å². The molecule has 2 unspecified atom stereocenters. The van der Waals surface area contributed by atoms with E-state index in [0.717, 1.165) is 31.5 Å². The summed E-state index contributed by atoms with van der Waals surface area (Å²) in [6, 6.07) is 6.49. The first-order valence-corrected chi connectivity index (χ1v) is 7.31. The van der Waals surface area contributed by atoms with E-state index < -0.39 is 11.5 Å². The minimum absolute atomic E-state index is 0.294. The number of amides is 1. The molecule has 3 rings (SSSR count). The van der Waals surface area contributed by atoms with Crippen LogP contribution in [-0.2, 0) is 10.3 Å². The maximum atomic E-state index is 13.7. The number of carbonyl (C=O) groups excluding carboxylic acids is 1. The zero-order valence-corrected chi connectivity index (χ0v) is 11.8. The van der Waals surface area contributed by atoms with Gasteiger partial charge in [0.25, 0.3) is 0 Å². The summed E-state index contributed by atoms with van der Waals surface area (Å²) in [5.41, 5.74) is 5.76. The molecule has 1 amide bonds. The molecule has 1 saturated heterocycles. The van der Waals surface area contributed by atoms with Crippen molar-refractivity contribution in [3.63, 3.8) is 0 Å². The fourth-order valence-electron chi connectivity index (χ4n) is 3.52.